The molecule has 0 amide bonds. The second kappa shape index (κ2) is 6.24. The van der Waals surface area contributed by atoms with Crippen LogP contribution in [0.25, 0.3) is 0 Å². The average molecular weight is 269 g/mol. The second-order valence-electron chi connectivity index (χ2n) is 4.82. The third-order valence-electron chi connectivity index (χ3n) is 3.14. The van der Waals surface area contributed by atoms with Gasteiger partial charge >= 0.3 is 0 Å². The first kappa shape index (κ1) is 14.1. The Morgan fingerprint density at radius 2 is 1.90 bits per heavy atom. The van der Waals surface area contributed by atoms with Crippen LogP contribution >= 0.6 is 0 Å². The number of rotatable bonds is 5. The van der Waals surface area contributed by atoms with Crippen molar-refractivity contribution in [3.63, 3.8) is 0 Å². The molecule has 2 aromatic carbocycles. The van der Waals surface area contributed by atoms with Gasteiger partial charge in [-0.2, -0.15) is 0 Å². The normalized spacial score (nSPS) is 11.9. The molecule has 0 aliphatic carbocycles. The fraction of sp³-hybridized carbons (Fsp3) is 0.235. The summed E-state index contributed by atoms with van der Waals surface area (Å²) >= 11 is 0. The quantitative estimate of drug-likeness (QED) is 0.666. The van der Waals surface area contributed by atoms with Gasteiger partial charge in [0.15, 0.2) is 6.10 Å². The summed E-state index contributed by atoms with van der Waals surface area (Å²) in [5, 5.41) is 0. The Bertz CT molecular complexity index is 590. The third kappa shape index (κ3) is 3.38. The van der Waals surface area contributed by atoms with Crippen LogP contribution in [0.4, 0.5) is 5.69 Å². The van der Waals surface area contributed by atoms with Crippen LogP contribution < -0.4 is 10.5 Å². The van der Waals surface area contributed by atoms with Crippen molar-refractivity contribution in [2.75, 3.05) is 5.73 Å². The smallest absolute Gasteiger partial charge is 0.203 e. The van der Waals surface area contributed by atoms with Gasteiger partial charge < -0.3 is 10.5 Å². The van der Waals surface area contributed by atoms with Crippen LogP contribution in [0.15, 0.2) is 48.5 Å². The number of carbonyl (C=O) groups is 1. The van der Waals surface area contributed by atoms with Gasteiger partial charge in [-0.15, -0.1) is 0 Å². The summed E-state index contributed by atoms with van der Waals surface area (Å²) in [6.45, 7) is 3.93. The molecule has 2 aromatic rings. The van der Waals surface area contributed by atoms with Crippen molar-refractivity contribution in [3.05, 3.63) is 59.7 Å². The topological polar surface area (TPSA) is 52.3 Å². The van der Waals surface area contributed by atoms with E-state index in [-0.39, 0.29) is 5.78 Å². The molecule has 0 heterocycles. The van der Waals surface area contributed by atoms with Gasteiger partial charge in [-0.05, 0) is 25.5 Å². The molecule has 0 aromatic heterocycles. The number of nitrogen functional groups attached to an aromatic ring is 1. The summed E-state index contributed by atoms with van der Waals surface area (Å²) < 4.78 is 5.76. The number of nitrogens with two attached hydrogens (primary N) is 1. The number of hydrogen-bond donors (Lipinski definition) is 1. The largest absolute Gasteiger partial charge is 0.482 e. The first-order valence-corrected chi connectivity index (χ1v) is 6.73. The highest BCUT2D eigenvalue weighted by Gasteiger charge is 2.20. The minimum absolute atomic E-state index is 0.00470. The third-order valence-corrected chi connectivity index (χ3v) is 3.14. The minimum Gasteiger partial charge on any atom is -0.482 e. The fourth-order valence-electron chi connectivity index (χ4n) is 1.98. The standard InChI is InChI=1S/C17H19NO2/c1-3-16(20-15-6-4-5-14(18)11-15)17(19)13-9-7-12(2)8-10-13/h4-11,16H,3,18H2,1-2H3. The number of hydrogen-bond acceptors (Lipinski definition) is 3. The molecule has 1 unspecified atom stereocenters. The molecule has 2 N–H and O–H groups in total. The number of aryl methyl sites for hydroxylation is 1. The Kier molecular flexibility index (Phi) is 4.41. The average Bonchev–Trinajstić information content (AvgIpc) is 2.45. The van der Waals surface area contributed by atoms with E-state index in [1.807, 2.05) is 44.2 Å². The molecular weight excluding hydrogens is 250 g/mol. The lowest BCUT2D eigenvalue weighted by atomic mass is 10.0. The van der Waals surface area contributed by atoms with Crippen LogP contribution in [0.5, 0.6) is 5.75 Å². The van der Waals surface area contributed by atoms with E-state index in [0.29, 0.717) is 23.4 Å². The van der Waals surface area contributed by atoms with Crippen LogP contribution in [-0.4, -0.2) is 11.9 Å². The van der Waals surface area contributed by atoms with Crippen molar-refractivity contribution in [1.82, 2.24) is 0 Å². The zero-order valence-corrected chi connectivity index (χ0v) is 11.8. The lowest BCUT2D eigenvalue weighted by molar-refractivity contribution is 0.0786. The number of carbonyl (C=O) groups excluding carboxylic acids is 1. The summed E-state index contributed by atoms with van der Waals surface area (Å²) in [6, 6.07) is 14.7. The first-order chi connectivity index (χ1) is 9.60. The molecule has 20 heavy (non-hydrogen) atoms. The maximum absolute atomic E-state index is 12.4. The van der Waals surface area contributed by atoms with Gasteiger partial charge in [0.05, 0.1) is 0 Å². The number of anilines is 1. The molecule has 3 nitrogen and oxygen atoms in total. The zero-order chi connectivity index (χ0) is 14.5. The van der Waals surface area contributed by atoms with Crippen LogP contribution in [0.3, 0.4) is 0 Å². The number of benzene rings is 2. The van der Waals surface area contributed by atoms with Crippen LogP contribution in [0.2, 0.25) is 0 Å². The summed E-state index contributed by atoms with van der Waals surface area (Å²) in [6.07, 6.45) is 0.126. The van der Waals surface area contributed by atoms with Crippen molar-refractivity contribution in [2.24, 2.45) is 0 Å². The molecule has 0 bridgehead atoms. The van der Waals surface area contributed by atoms with Gasteiger partial charge in [0, 0.05) is 17.3 Å². The molecule has 0 saturated heterocycles. The van der Waals surface area contributed by atoms with Gasteiger partial charge in [0.1, 0.15) is 5.75 Å². The van der Waals surface area contributed by atoms with Gasteiger partial charge in [-0.25, -0.2) is 0 Å². The SMILES string of the molecule is CCC(Oc1cccc(N)c1)C(=O)c1ccc(C)cc1. The fourth-order valence-corrected chi connectivity index (χ4v) is 1.98. The number of ether oxygens (including phenoxy) is 1. The predicted molar refractivity (Wildman–Crippen MR) is 81.1 cm³/mol. The number of Topliss-reactive ketones (excluding diaryl/α,β-unsaturated/α-hetero) is 1. The highest BCUT2D eigenvalue weighted by atomic mass is 16.5. The first-order valence-electron chi connectivity index (χ1n) is 6.73. The van der Waals surface area contributed by atoms with Crippen LogP contribution in [0.1, 0.15) is 29.3 Å². The molecule has 0 aliphatic rings. The van der Waals surface area contributed by atoms with E-state index in [2.05, 4.69) is 0 Å². The lowest BCUT2D eigenvalue weighted by Gasteiger charge is -2.17. The van der Waals surface area contributed by atoms with Crippen molar-refractivity contribution >= 4 is 11.5 Å². The second-order valence-corrected chi connectivity index (χ2v) is 4.82. The molecule has 0 radical (unpaired) electrons. The van der Waals surface area contributed by atoms with E-state index in [9.17, 15) is 4.79 Å². The van der Waals surface area contributed by atoms with E-state index in [1.165, 1.54) is 0 Å². The van der Waals surface area contributed by atoms with Gasteiger partial charge in [0.2, 0.25) is 5.78 Å². The summed E-state index contributed by atoms with van der Waals surface area (Å²) in [5.74, 6) is 0.618. The van der Waals surface area contributed by atoms with Gasteiger partial charge in [0.25, 0.3) is 0 Å². The van der Waals surface area contributed by atoms with E-state index < -0.39 is 6.10 Å². The molecule has 0 fully saturated rings. The van der Waals surface area contributed by atoms with Crippen LogP contribution in [-0.2, 0) is 0 Å². The Labute approximate surface area is 119 Å². The van der Waals surface area contributed by atoms with Crippen molar-refractivity contribution in [1.29, 1.82) is 0 Å². The molecule has 0 aliphatic heterocycles. The molecule has 2 rings (SSSR count). The minimum atomic E-state index is -0.487. The summed E-state index contributed by atoms with van der Waals surface area (Å²) in [7, 11) is 0. The van der Waals surface area contributed by atoms with Crippen molar-refractivity contribution in [2.45, 2.75) is 26.4 Å². The van der Waals surface area contributed by atoms with E-state index in [1.54, 1.807) is 18.2 Å². The van der Waals surface area contributed by atoms with E-state index in [0.717, 1.165) is 5.56 Å². The molecule has 3 heteroatoms. The molecule has 104 valence electrons. The highest BCUT2D eigenvalue weighted by Crippen LogP contribution is 2.19. The monoisotopic (exact) mass is 269 g/mol. The van der Waals surface area contributed by atoms with Crippen LogP contribution in [0, 0.1) is 6.92 Å². The maximum atomic E-state index is 12.4. The highest BCUT2D eigenvalue weighted by molar-refractivity contribution is 5.99. The molecule has 0 saturated carbocycles. The molecular formula is C17H19NO2. The van der Waals surface area contributed by atoms with Gasteiger partial charge in [-0.3, -0.25) is 4.79 Å². The van der Waals surface area contributed by atoms with Crippen molar-refractivity contribution in [3.8, 4) is 5.75 Å². The zero-order valence-electron chi connectivity index (χ0n) is 11.8. The molecule has 0 spiro atoms. The Balaban J connectivity index is 2.15. The Morgan fingerprint density at radius 1 is 1.20 bits per heavy atom. The van der Waals surface area contributed by atoms with Crippen molar-refractivity contribution < 1.29 is 9.53 Å². The van der Waals surface area contributed by atoms with Gasteiger partial charge in [-0.1, -0.05) is 42.8 Å². The maximum Gasteiger partial charge on any atom is 0.203 e. The van der Waals surface area contributed by atoms with E-state index >= 15 is 0 Å². The Hall–Kier alpha value is -2.29. The summed E-state index contributed by atoms with van der Waals surface area (Å²) in [4.78, 5) is 12.4. The Morgan fingerprint density at radius 3 is 2.50 bits per heavy atom. The molecule has 1 atom stereocenters. The lowest BCUT2D eigenvalue weighted by Crippen LogP contribution is -2.26. The summed E-state index contributed by atoms with van der Waals surface area (Å²) in [5.41, 5.74) is 8.14. The van der Waals surface area contributed by atoms with E-state index in [4.69, 9.17) is 10.5 Å². The predicted octanol–water partition coefficient (Wildman–Crippen LogP) is 3.62. The number of ketones is 1.